The maximum absolute atomic E-state index is 11.3. The third kappa shape index (κ3) is 6.15. The number of hydrogen-bond acceptors (Lipinski definition) is 4. The summed E-state index contributed by atoms with van der Waals surface area (Å²) in [5.41, 5.74) is 3.94. The van der Waals surface area contributed by atoms with Crippen molar-refractivity contribution in [3.05, 3.63) is 86.3 Å². The summed E-state index contributed by atoms with van der Waals surface area (Å²) in [7, 11) is 0. The summed E-state index contributed by atoms with van der Waals surface area (Å²) in [6.45, 7) is 5.24. The Labute approximate surface area is 195 Å². The first-order chi connectivity index (χ1) is 14.9. The normalized spacial score (nSPS) is 10.6. The van der Waals surface area contributed by atoms with Gasteiger partial charge in [-0.3, -0.25) is 0 Å². The number of carbonyl (C=O) groups is 1. The fourth-order valence-corrected chi connectivity index (χ4v) is 3.56. The molecule has 5 nitrogen and oxygen atoms in total. The Morgan fingerprint density at radius 1 is 1.06 bits per heavy atom. The van der Waals surface area contributed by atoms with E-state index in [0.29, 0.717) is 36.3 Å². The van der Waals surface area contributed by atoms with Crippen molar-refractivity contribution in [3.63, 3.8) is 0 Å². The highest BCUT2D eigenvalue weighted by atomic mass is 79.9. The van der Waals surface area contributed by atoms with E-state index >= 15 is 0 Å². The first-order valence-corrected chi connectivity index (χ1v) is 10.9. The highest BCUT2D eigenvalue weighted by Crippen LogP contribution is 2.35. The number of rotatable bonds is 9. The summed E-state index contributed by atoms with van der Waals surface area (Å²) < 4.78 is 12.6. The third-order valence-electron chi connectivity index (χ3n) is 4.67. The number of carboxylic acids is 1. The first kappa shape index (κ1) is 23.0. The van der Waals surface area contributed by atoms with Crippen LogP contribution in [0.1, 0.15) is 34.0 Å². The quantitative estimate of drug-likeness (QED) is 0.339. The predicted molar refractivity (Wildman–Crippen MR) is 127 cm³/mol. The van der Waals surface area contributed by atoms with Crippen LogP contribution in [-0.4, -0.2) is 17.7 Å². The van der Waals surface area contributed by atoms with Gasteiger partial charge in [0.05, 0.1) is 12.2 Å². The summed E-state index contributed by atoms with van der Waals surface area (Å²) in [5, 5.41) is 13.2. The number of hydrogen-bond donors (Lipinski definition) is 2. The molecule has 0 amide bonds. The van der Waals surface area contributed by atoms with Gasteiger partial charge < -0.3 is 19.9 Å². The Morgan fingerprint density at radius 3 is 2.45 bits per heavy atom. The van der Waals surface area contributed by atoms with E-state index in [1.807, 2.05) is 50.2 Å². The molecule has 0 aromatic heterocycles. The largest absolute Gasteiger partial charge is 0.490 e. The van der Waals surface area contributed by atoms with Gasteiger partial charge >= 0.3 is 5.97 Å². The monoisotopic (exact) mass is 503 g/mol. The molecule has 0 unspecified atom stereocenters. The number of anilines is 1. The van der Waals surface area contributed by atoms with E-state index in [-0.39, 0.29) is 5.56 Å². The van der Waals surface area contributed by atoms with Crippen molar-refractivity contribution in [1.29, 1.82) is 0 Å². The van der Waals surface area contributed by atoms with Crippen molar-refractivity contribution in [3.8, 4) is 11.5 Å². The van der Waals surface area contributed by atoms with E-state index in [4.69, 9.17) is 21.1 Å². The molecule has 0 heterocycles. The Bertz CT molecular complexity index is 1070. The van der Waals surface area contributed by atoms with Crippen LogP contribution in [0.4, 0.5) is 5.69 Å². The Hall–Kier alpha value is -2.70. The van der Waals surface area contributed by atoms with Crippen molar-refractivity contribution < 1.29 is 19.4 Å². The van der Waals surface area contributed by atoms with E-state index in [1.165, 1.54) is 0 Å². The molecule has 0 atom stereocenters. The molecule has 0 bridgehead atoms. The van der Waals surface area contributed by atoms with Crippen LogP contribution in [0.25, 0.3) is 0 Å². The minimum atomic E-state index is -0.954. The molecular weight excluding hydrogens is 482 g/mol. The maximum atomic E-state index is 11.3. The van der Waals surface area contributed by atoms with Crippen LogP contribution < -0.4 is 14.8 Å². The van der Waals surface area contributed by atoms with Gasteiger partial charge in [-0.25, -0.2) is 4.79 Å². The van der Waals surface area contributed by atoms with Crippen molar-refractivity contribution in [2.45, 2.75) is 27.0 Å². The lowest BCUT2D eigenvalue weighted by atomic mass is 10.1. The summed E-state index contributed by atoms with van der Waals surface area (Å²) >= 11 is 9.55. The van der Waals surface area contributed by atoms with Gasteiger partial charge in [-0.15, -0.1) is 0 Å². The molecule has 0 aliphatic rings. The fourth-order valence-electron chi connectivity index (χ4n) is 2.97. The number of ether oxygens (including phenoxy) is 2. The molecule has 0 saturated heterocycles. The van der Waals surface area contributed by atoms with Gasteiger partial charge in [0.1, 0.15) is 6.61 Å². The summed E-state index contributed by atoms with van der Waals surface area (Å²) in [5.74, 6) is 0.328. The van der Waals surface area contributed by atoms with Crippen molar-refractivity contribution in [2.24, 2.45) is 0 Å². The minimum absolute atomic E-state index is 0.244. The Balaban J connectivity index is 1.77. The topological polar surface area (TPSA) is 67.8 Å². The minimum Gasteiger partial charge on any atom is -0.490 e. The molecule has 0 radical (unpaired) electrons. The highest BCUT2D eigenvalue weighted by Gasteiger charge is 2.13. The molecule has 0 aliphatic carbocycles. The lowest BCUT2D eigenvalue weighted by molar-refractivity contribution is 0.0697. The van der Waals surface area contributed by atoms with Crippen LogP contribution in [0.5, 0.6) is 11.5 Å². The van der Waals surface area contributed by atoms with E-state index in [0.717, 1.165) is 26.9 Å². The SMILES string of the molecule is CCOc1cc(CNc2cc(C(=O)O)ccc2C)c(Br)cc1OCc1ccc(Cl)cc1. The summed E-state index contributed by atoms with van der Waals surface area (Å²) in [6.07, 6.45) is 0. The van der Waals surface area contributed by atoms with E-state index < -0.39 is 5.97 Å². The number of benzene rings is 3. The van der Waals surface area contributed by atoms with Gasteiger partial charge in [0.15, 0.2) is 11.5 Å². The molecule has 2 N–H and O–H groups in total. The number of carboxylic acid groups (broad SMARTS) is 1. The smallest absolute Gasteiger partial charge is 0.335 e. The van der Waals surface area contributed by atoms with Gasteiger partial charge in [-0.2, -0.15) is 0 Å². The van der Waals surface area contributed by atoms with Crippen LogP contribution in [0.2, 0.25) is 5.02 Å². The van der Waals surface area contributed by atoms with E-state index in [9.17, 15) is 9.90 Å². The van der Waals surface area contributed by atoms with Gasteiger partial charge in [0.2, 0.25) is 0 Å². The number of aryl methyl sites for hydroxylation is 1. The number of aromatic carboxylic acids is 1. The molecule has 3 aromatic rings. The molecule has 0 spiro atoms. The molecule has 162 valence electrons. The lowest BCUT2D eigenvalue weighted by Crippen LogP contribution is -2.06. The van der Waals surface area contributed by atoms with Gasteiger partial charge in [0, 0.05) is 21.7 Å². The maximum Gasteiger partial charge on any atom is 0.335 e. The molecule has 7 heteroatoms. The van der Waals surface area contributed by atoms with Gasteiger partial charge in [-0.1, -0.05) is 45.7 Å². The molecule has 0 aliphatic heterocycles. The molecule has 0 saturated carbocycles. The third-order valence-corrected chi connectivity index (χ3v) is 5.66. The molecule has 0 fully saturated rings. The highest BCUT2D eigenvalue weighted by molar-refractivity contribution is 9.10. The molecular formula is C24H23BrClNO4. The number of halogens is 2. The van der Waals surface area contributed by atoms with Crippen LogP contribution in [0.15, 0.2) is 59.1 Å². The summed E-state index contributed by atoms with van der Waals surface area (Å²) in [6, 6.07) is 16.3. The van der Waals surface area contributed by atoms with Crippen LogP contribution in [0, 0.1) is 6.92 Å². The van der Waals surface area contributed by atoms with Crippen LogP contribution in [0.3, 0.4) is 0 Å². The molecule has 3 rings (SSSR count). The Morgan fingerprint density at radius 2 is 1.77 bits per heavy atom. The van der Waals surface area contributed by atoms with E-state index in [2.05, 4.69) is 21.2 Å². The average Bonchev–Trinajstić information content (AvgIpc) is 2.74. The number of nitrogens with one attached hydrogen (secondary N) is 1. The van der Waals surface area contributed by atoms with Crippen LogP contribution >= 0.6 is 27.5 Å². The second-order valence-electron chi connectivity index (χ2n) is 6.93. The van der Waals surface area contributed by atoms with Crippen LogP contribution in [-0.2, 0) is 13.2 Å². The van der Waals surface area contributed by atoms with Gasteiger partial charge in [-0.05, 0) is 66.9 Å². The fraction of sp³-hybridized carbons (Fsp3) is 0.208. The van der Waals surface area contributed by atoms with Crippen molar-refractivity contribution in [1.82, 2.24) is 0 Å². The zero-order chi connectivity index (χ0) is 22.4. The first-order valence-electron chi connectivity index (χ1n) is 9.77. The predicted octanol–water partition coefficient (Wildman–Crippen LogP) is 6.70. The van der Waals surface area contributed by atoms with Crippen molar-refractivity contribution in [2.75, 3.05) is 11.9 Å². The lowest BCUT2D eigenvalue weighted by Gasteiger charge is -2.16. The summed E-state index contributed by atoms with van der Waals surface area (Å²) in [4.78, 5) is 11.3. The van der Waals surface area contributed by atoms with Crippen molar-refractivity contribution >= 4 is 39.2 Å². The zero-order valence-electron chi connectivity index (χ0n) is 17.2. The van der Waals surface area contributed by atoms with Gasteiger partial charge in [0.25, 0.3) is 0 Å². The second kappa shape index (κ2) is 10.6. The van der Waals surface area contributed by atoms with E-state index in [1.54, 1.807) is 18.2 Å². The standard InChI is InChI=1S/C24H23BrClNO4/c1-3-30-22-11-18(13-27-21-10-17(24(28)29)7-4-15(21)2)20(25)12-23(22)31-14-16-5-8-19(26)9-6-16/h4-12,27H,3,13-14H2,1-2H3,(H,28,29). The molecule has 3 aromatic carbocycles. The Kier molecular flexibility index (Phi) is 7.82. The average molecular weight is 505 g/mol. The molecule has 31 heavy (non-hydrogen) atoms. The zero-order valence-corrected chi connectivity index (χ0v) is 19.6. The second-order valence-corrected chi connectivity index (χ2v) is 8.22.